The average molecular weight is 264 g/mol. The standard InChI is InChI=1S/C13H10ClNO3/c14-13-15-11(9-18-13)6-7-12(16)17-8-10-4-2-1-3-5-10/h1-7,9H,8H2/b7-6+. The summed E-state index contributed by atoms with van der Waals surface area (Å²) in [6.07, 6.45) is 4.10. The summed E-state index contributed by atoms with van der Waals surface area (Å²) in [4.78, 5) is 15.2. The van der Waals surface area contributed by atoms with E-state index in [4.69, 9.17) is 20.8 Å². The number of benzene rings is 1. The highest BCUT2D eigenvalue weighted by atomic mass is 35.5. The number of rotatable bonds is 4. The molecule has 0 radical (unpaired) electrons. The highest BCUT2D eigenvalue weighted by Crippen LogP contribution is 2.09. The van der Waals surface area contributed by atoms with Crippen LogP contribution >= 0.6 is 11.6 Å². The smallest absolute Gasteiger partial charge is 0.331 e. The van der Waals surface area contributed by atoms with E-state index in [0.29, 0.717) is 5.69 Å². The molecule has 18 heavy (non-hydrogen) atoms. The molecule has 0 spiro atoms. The van der Waals surface area contributed by atoms with Crippen molar-refractivity contribution in [1.29, 1.82) is 0 Å². The molecule has 0 saturated carbocycles. The SMILES string of the molecule is O=C(/C=C/c1coc(Cl)n1)OCc1ccccc1. The van der Waals surface area contributed by atoms with Gasteiger partial charge in [0.2, 0.25) is 0 Å². The molecule has 0 fully saturated rings. The second-order valence-electron chi connectivity index (χ2n) is 3.45. The molecule has 2 rings (SSSR count). The molecule has 0 amide bonds. The predicted molar refractivity (Wildman–Crippen MR) is 66.8 cm³/mol. The van der Waals surface area contributed by atoms with Gasteiger partial charge in [-0.15, -0.1) is 0 Å². The number of esters is 1. The fraction of sp³-hybridized carbons (Fsp3) is 0.0769. The van der Waals surface area contributed by atoms with Gasteiger partial charge in [0.25, 0.3) is 5.35 Å². The van der Waals surface area contributed by atoms with Crippen LogP contribution < -0.4 is 0 Å². The van der Waals surface area contributed by atoms with E-state index in [0.717, 1.165) is 5.56 Å². The van der Waals surface area contributed by atoms with Crippen LogP contribution in [0.25, 0.3) is 6.08 Å². The maximum atomic E-state index is 11.4. The first-order chi connectivity index (χ1) is 8.74. The summed E-state index contributed by atoms with van der Waals surface area (Å²) in [7, 11) is 0. The number of ether oxygens (including phenoxy) is 1. The molecule has 92 valence electrons. The first-order valence-corrected chi connectivity index (χ1v) is 5.61. The monoisotopic (exact) mass is 263 g/mol. The van der Waals surface area contributed by atoms with Crippen molar-refractivity contribution in [3.05, 3.63) is 59.3 Å². The minimum Gasteiger partial charge on any atom is -0.458 e. The number of carbonyl (C=O) groups excluding carboxylic acids is 1. The Morgan fingerprint density at radius 1 is 1.39 bits per heavy atom. The van der Waals surface area contributed by atoms with Crippen molar-refractivity contribution in [3.8, 4) is 0 Å². The van der Waals surface area contributed by atoms with E-state index in [1.807, 2.05) is 30.3 Å². The van der Waals surface area contributed by atoms with Gasteiger partial charge in [-0.25, -0.2) is 4.79 Å². The molecule has 0 aliphatic carbocycles. The highest BCUT2D eigenvalue weighted by molar-refractivity contribution is 6.27. The topological polar surface area (TPSA) is 52.3 Å². The average Bonchev–Trinajstić information content (AvgIpc) is 2.81. The molecule has 2 aromatic rings. The molecule has 1 aromatic carbocycles. The van der Waals surface area contributed by atoms with Crippen molar-refractivity contribution in [1.82, 2.24) is 4.98 Å². The summed E-state index contributed by atoms with van der Waals surface area (Å²) < 4.78 is 9.82. The Morgan fingerprint density at radius 2 is 2.17 bits per heavy atom. The van der Waals surface area contributed by atoms with Crippen LogP contribution in [-0.4, -0.2) is 11.0 Å². The molecule has 0 aliphatic rings. The van der Waals surface area contributed by atoms with Crippen molar-refractivity contribution < 1.29 is 13.9 Å². The van der Waals surface area contributed by atoms with Crippen LogP contribution in [0.15, 0.2) is 47.1 Å². The Balaban J connectivity index is 1.84. The van der Waals surface area contributed by atoms with Crippen molar-refractivity contribution in [3.63, 3.8) is 0 Å². The molecular weight excluding hydrogens is 254 g/mol. The number of aromatic nitrogens is 1. The van der Waals surface area contributed by atoms with Crippen LogP contribution in [0.5, 0.6) is 0 Å². The lowest BCUT2D eigenvalue weighted by atomic mass is 10.2. The van der Waals surface area contributed by atoms with E-state index in [-0.39, 0.29) is 12.0 Å². The molecular formula is C13H10ClNO3. The zero-order valence-corrected chi connectivity index (χ0v) is 10.1. The van der Waals surface area contributed by atoms with E-state index in [1.54, 1.807) is 0 Å². The van der Waals surface area contributed by atoms with Crippen molar-refractivity contribution >= 4 is 23.6 Å². The molecule has 4 nitrogen and oxygen atoms in total. The van der Waals surface area contributed by atoms with Gasteiger partial charge in [0.05, 0.1) is 0 Å². The molecule has 0 saturated heterocycles. The number of carbonyl (C=O) groups is 1. The zero-order valence-electron chi connectivity index (χ0n) is 9.38. The van der Waals surface area contributed by atoms with E-state index in [2.05, 4.69) is 4.98 Å². The summed E-state index contributed by atoms with van der Waals surface area (Å²) in [5.41, 5.74) is 1.40. The van der Waals surface area contributed by atoms with Crippen molar-refractivity contribution in [2.24, 2.45) is 0 Å². The van der Waals surface area contributed by atoms with Crippen molar-refractivity contribution in [2.45, 2.75) is 6.61 Å². The van der Waals surface area contributed by atoms with Gasteiger partial charge in [-0.1, -0.05) is 30.3 Å². The van der Waals surface area contributed by atoms with Crippen LogP contribution in [0.3, 0.4) is 0 Å². The fourth-order valence-electron chi connectivity index (χ4n) is 1.27. The van der Waals surface area contributed by atoms with Crippen LogP contribution in [0, 0.1) is 0 Å². The van der Waals surface area contributed by atoms with Gasteiger partial charge in [0.1, 0.15) is 18.6 Å². The first kappa shape index (κ1) is 12.4. The zero-order chi connectivity index (χ0) is 12.8. The number of halogens is 1. The first-order valence-electron chi connectivity index (χ1n) is 5.24. The minimum absolute atomic E-state index is 0.0345. The lowest BCUT2D eigenvalue weighted by molar-refractivity contribution is -0.138. The van der Waals surface area contributed by atoms with Crippen LogP contribution in [-0.2, 0) is 16.1 Å². The maximum Gasteiger partial charge on any atom is 0.331 e. The van der Waals surface area contributed by atoms with Crippen molar-refractivity contribution in [2.75, 3.05) is 0 Å². The summed E-state index contributed by atoms with van der Waals surface area (Å²) in [5, 5.41) is 0.0345. The Hall–Kier alpha value is -2.07. The van der Waals surface area contributed by atoms with Crippen LogP contribution in [0.1, 0.15) is 11.3 Å². The number of oxazole rings is 1. The molecule has 0 atom stereocenters. The summed E-state index contributed by atoms with van der Waals surface area (Å²) in [6, 6.07) is 9.44. The maximum absolute atomic E-state index is 11.4. The summed E-state index contributed by atoms with van der Waals surface area (Å²) in [5.74, 6) is -0.446. The summed E-state index contributed by atoms with van der Waals surface area (Å²) >= 11 is 5.49. The fourth-order valence-corrected chi connectivity index (χ4v) is 1.41. The Bertz CT molecular complexity index is 548. The third kappa shape index (κ3) is 3.75. The normalized spacial score (nSPS) is 10.7. The Kier molecular flexibility index (Phi) is 4.15. The molecule has 1 heterocycles. The van der Waals surface area contributed by atoms with Gasteiger partial charge in [-0.05, 0) is 23.2 Å². The second kappa shape index (κ2) is 6.02. The molecule has 1 aromatic heterocycles. The molecule has 0 unspecified atom stereocenters. The van der Waals surface area contributed by atoms with Gasteiger partial charge >= 0.3 is 5.97 Å². The molecule has 5 heteroatoms. The van der Waals surface area contributed by atoms with Gasteiger partial charge in [0.15, 0.2) is 0 Å². The van der Waals surface area contributed by atoms with Gasteiger partial charge < -0.3 is 9.15 Å². The van der Waals surface area contributed by atoms with Gasteiger partial charge in [-0.3, -0.25) is 0 Å². The number of nitrogens with zero attached hydrogens (tertiary/aromatic N) is 1. The van der Waals surface area contributed by atoms with E-state index in [1.165, 1.54) is 18.4 Å². The third-order valence-corrected chi connectivity index (χ3v) is 2.28. The Labute approximate surface area is 109 Å². The molecule has 0 bridgehead atoms. The Morgan fingerprint density at radius 3 is 2.83 bits per heavy atom. The highest BCUT2D eigenvalue weighted by Gasteiger charge is 2.00. The second-order valence-corrected chi connectivity index (χ2v) is 3.78. The third-order valence-electron chi connectivity index (χ3n) is 2.11. The van der Waals surface area contributed by atoms with Gasteiger partial charge in [0, 0.05) is 6.08 Å². The minimum atomic E-state index is -0.446. The number of hydrogen-bond donors (Lipinski definition) is 0. The molecule has 0 aliphatic heterocycles. The van der Waals surface area contributed by atoms with Gasteiger partial charge in [-0.2, -0.15) is 4.98 Å². The molecule has 0 N–H and O–H groups in total. The van der Waals surface area contributed by atoms with Crippen LogP contribution in [0.2, 0.25) is 5.35 Å². The van der Waals surface area contributed by atoms with Crippen LogP contribution in [0.4, 0.5) is 0 Å². The predicted octanol–water partition coefficient (Wildman–Crippen LogP) is 3.08. The van der Waals surface area contributed by atoms with E-state index >= 15 is 0 Å². The number of hydrogen-bond acceptors (Lipinski definition) is 4. The lowest BCUT2D eigenvalue weighted by Crippen LogP contribution is -2.00. The summed E-state index contributed by atoms with van der Waals surface area (Å²) in [6.45, 7) is 0.240. The van der Waals surface area contributed by atoms with E-state index < -0.39 is 5.97 Å². The lowest BCUT2D eigenvalue weighted by Gasteiger charge is -2.00. The van der Waals surface area contributed by atoms with E-state index in [9.17, 15) is 4.79 Å². The largest absolute Gasteiger partial charge is 0.458 e. The quantitative estimate of drug-likeness (QED) is 0.628.